The fourth-order valence-electron chi connectivity index (χ4n) is 2.44. The number of imidazole rings is 1. The number of halogens is 2. The van der Waals surface area contributed by atoms with Crippen LogP contribution in [0.1, 0.15) is 11.1 Å². The van der Waals surface area contributed by atoms with Gasteiger partial charge in [0.2, 0.25) is 0 Å². The van der Waals surface area contributed by atoms with E-state index in [0.29, 0.717) is 9.24 Å². The Hall–Kier alpha value is -1.46. The molecule has 0 radical (unpaired) electrons. The number of rotatable bonds is 1. The molecular formula is C15H12BrFN2S. The number of nitrogens with one attached hydrogen (secondary N) is 1. The normalized spacial score (nSPS) is 11.2. The average Bonchev–Trinajstić information content (AvgIpc) is 2.71. The van der Waals surface area contributed by atoms with Crippen molar-refractivity contribution in [3.63, 3.8) is 0 Å². The molecule has 2 nitrogen and oxygen atoms in total. The van der Waals surface area contributed by atoms with Gasteiger partial charge in [0.05, 0.1) is 21.2 Å². The van der Waals surface area contributed by atoms with E-state index in [0.717, 1.165) is 27.8 Å². The van der Waals surface area contributed by atoms with Crippen LogP contribution in [0.5, 0.6) is 0 Å². The van der Waals surface area contributed by atoms with Crippen molar-refractivity contribution in [3.8, 4) is 5.69 Å². The summed E-state index contributed by atoms with van der Waals surface area (Å²) in [6, 6.07) is 9.29. The third kappa shape index (κ3) is 2.01. The Balaban J connectivity index is 2.44. The van der Waals surface area contributed by atoms with Crippen molar-refractivity contribution in [2.45, 2.75) is 13.8 Å². The van der Waals surface area contributed by atoms with Crippen molar-refractivity contribution < 1.29 is 4.39 Å². The number of para-hydroxylation sites is 1. The van der Waals surface area contributed by atoms with Crippen molar-refractivity contribution in [2.24, 2.45) is 0 Å². The number of aromatic nitrogens is 2. The summed E-state index contributed by atoms with van der Waals surface area (Å²) in [6.07, 6.45) is 0. The first-order valence-corrected chi connectivity index (χ1v) is 7.35. The summed E-state index contributed by atoms with van der Waals surface area (Å²) < 4.78 is 16.6. The van der Waals surface area contributed by atoms with E-state index >= 15 is 0 Å². The minimum Gasteiger partial charge on any atom is -0.330 e. The summed E-state index contributed by atoms with van der Waals surface area (Å²) in [5.74, 6) is -0.269. The molecule has 0 spiro atoms. The molecule has 0 aliphatic heterocycles. The SMILES string of the molecule is Cc1cc(F)c(Br)cc1-n1c(=S)[nH]c2cccc(C)c21. The Kier molecular flexibility index (Phi) is 3.26. The average molecular weight is 351 g/mol. The lowest BCUT2D eigenvalue weighted by Gasteiger charge is -2.11. The zero-order valence-corrected chi connectivity index (χ0v) is 13.4. The van der Waals surface area contributed by atoms with Gasteiger partial charge in [0.1, 0.15) is 5.82 Å². The van der Waals surface area contributed by atoms with Gasteiger partial charge < -0.3 is 4.98 Å². The molecule has 1 N–H and O–H groups in total. The third-order valence-electron chi connectivity index (χ3n) is 3.39. The number of fused-ring (bicyclic) bond motifs is 1. The second-order valence-electron chi connectivity index (χ2n) is 4.79. The van der Waals surface area contributed by atoms with E-state index < -0.39 is 0 Å². The molecule has 5 heteroatoms. The van der Waals surface area contributed by atoms with Gasteiger partial charge >= 0.3 is 0 Å². The highest BCUT2D eigenvalue weighted by Gasteiger charge is 2.13. The summed E-state index contributed by atoms with van der Waals surface area (Å²) in [6.45, 7) is 3.92. The molecular weight excluding hydrogens is 339 g/mol. The van der Waals surface area contributed by atoms with Crippen LogP contribution in [0.15, 0.2) is 34.8 Å². The quantitative estimate of drug-likeness (QED) is 0.597. The minimum atomic E-state index is -0.269. The van der Waals surface area contributed by atoms with Gasteiger partial charge in [-0.15, -0.1) is 0 Å². The highest BCUT2D eigenvalue weighted by atomic mass is 79.9. The topological polar surface area (TPSA) is 20.7 Å². The Morgan fingerprint density at radius 3 is 2.70 bits per heavy atom. The number of hydrogen-bond acceptors (Lipinski definition) is 1. The first-order valence-electron chi connectivity index (χ1n) is 6.15. The molecule has 0 amide bonds. The van der Waals surface area contributed by atoms with E-state index in [1.807, 2.05) is 36.6 Å². The van der Waals surface area contributed by atoms with Gasteiger partial charge in [-0.2, -0.15) is 0 Å². The largest absolute Gasteiger partial charge is 0.330 e. The van der Waals surface area contributed by atoms with Crippen molar-refractivity contribution in [2.75, 3.05) is 0 Å². The summed E-state index contributed by atoms with van der Waals surface area (Å²) in [4.78, 5) is 3.20. The van der Waals surface area contributed by atoms with Crippen LogP contribution in [0.25, 0.3) is 16.7 Å². The molecule has 102 valence electrons. The standard InChI is InChI=1S/C15H12BrFN2S/c1-8-4-3-5-12-14(8)19(15(20)18-12)13-7-10(16)11(17)6-9(13)2/h3-7H,1-2H3,(H,18,20). The van der Waals surface area contributed by atoms with Crippen LogP contribution >= 0.6 is 28.1 Å². The van der Waals surface area contributed by atoms with E-state index in [1.54, 1.807) is 6.07 Å². The second-order valence-corrected chi connectivity index (χ2v) is 6.03. The van der Waals surface area contributed by atoms with Gasteiger partial charge in [-0.25, -0.2) is 4.39 Å². The van der Waals surface area contributed by atoms with Crippen LogP contribution in [0.3, 0.4) is 0 Å². The number of nitrogens with zero attached hydrogens (tertiary/aromatic N) is 1. The maximum absolute atomic E-state index is 13.6. The minimum absolute atomic E-state index is 0.269. The predicted octanol–water partition coefficient (Wildman–Crippen LogP) is 5.21. The van der Waals surface area contributed by atoms with Crippen LogP contribution in [0.4, 0.5) is 4.39 Å². The molecule has 0 atom stereocenters. The smallest absolute Gasteiger partial charge is 0.182 e. The van der Waals surface area contributed by atoms with Crippen LogP contribution in [0, 0.1) is 24.4 Å². The van der Waals surface area contributed by atoms with Crippen molar-refractivity contribution in [1.29, 1.82) is 0 Å². The lowest BCUT2D eigenvalue weighted by Crippen LogP contribution is -1.99. The molecule has 0 unspecified atom stereocenters. The van der Waals surface area contributed by atoms with Gasteiger partial charge in [0, 0.05) is 0 Å². The van der Waals surface area contributed by atoms with E-state index in [-0.39, 0.29) is 5.82 Å². The molecule has 0 fully saturated rings. The summed E-state index contributed by atoms with van der Waals surface area (Å²) in [5.41, 5.74) is 4.85. The fraction of sp³-hybridized carbons (Fsp3) is 0.133. The maximum atomic E-state index is 13.6. The van der Waals surface area contributed by atoms with Gasteiger partial charge in [-0.3, -0.25) is 4.57 Å². The van der Waals surface area contributed by atoms with Crippen LogP contribution in [-0.2, 0) is 0 Å². The first kappa shape index (κ1) is 13.5. The zero-order chi connectivity index (χ0) is 14.4. The molecule has 3 rings (SSSR count). The van der Waals surface area contributed by atoms with Gasteiger partial charge in [-0.05, 0) is 71.3 Å². The number of hydrogen-bond donors (Lipinski definition) is 1. The van der Waals surface area contributed by atoms with Crippen molar-refractivity contribution >= 4 is 39.2 Å². The van der Waals surface area contributed by atoms with Gasteiger partial charge in [0.15, 0.2) is 4.77 Å². The molecule has 1 aromatic heterocycles. The van der Waals surface area contributed by atoms with Crippen molar-refractivity contribution in [3.05, 3.63) is 56.5 Å². The Labute approximate surface area is 129 Å². The molecule has 1 heterocycles. The van der Waals surface area contributed by atoms with Crippen LogP contribution < -0.4 is 0 Å². The van der Waals surface area contributed by atoms with E-state index in [2.05, 4.69) is 20.9 Å². The summed E-state index contributed by atoms with van der Waals surface area (Å²) in [7, 11) is 0. The molecule has 3 aromatic rings. The third-order valence-corrected chi connectivity index (χ3v) is 4.28. The van der Waals surface area contributed by atoms with Crippen molar-refractivity contribution in [1.82, 2.24) is 9.55 Å². The molecule has 0 aliphatic carbocycles. The Morgan fingerprint density at radius 2 is 1.95 bits per heavy atom. The highest BCUT2D eigenvalue weighted by Crippen LogP contribution is 2.28. The summed E-state index contributed by atoms with van der Waals surface area (Å²) >= 11 is 8.67. The maximum Gasteiger partial charge on any atom is 0.182 e. The number of aryl methyl sites for hydroxylation is 2. The molecule has 0 saturated carbocycles. The lowest BCUT2D eigenvalue weighted by atomic mass is 10.1. The van der Waals surface area contributed by atoms with Gasteiger partial charge in [0.25, 0.3) is 0 Å². The molecule has 0 bridgehead atoms. The molecule has 2 aromatic carbocycles. The second kappa shape index (κ2) is 4.82. The van der Waals surface area contributed by atoms with Gasteiger partial charge in [-0.1, -0.05) is 12.1 Å². The molecule has 0 aliphatic rings. The zero-order valence-electron chi connectivity index (χ0n) is 11.0. The predicted molar refractivity (Wildman–Crippen MR) is 85.6 cm³/mol. The molecule has 0 saturated heterocycles. The number of H-pyrrole nitrogens is 1. The van der Waals surface area contributed by atoms with Crippen LogP contribution in [-0.4, -0.2) is 9.55 Å². The summed E-state index contributed by atoms with van der Waals surface area (Å²) in [5, 5.41) is 0. The fourth-order valence-corrected chi connectivity index (χ4v) is 3.07. The first-order chi connectivity index (χ1) is 9.49. The van der Waals surface area contributed by atoms with E-state index in [9.17, 15) is 4.39 Å². The Morgan fingerprint density at radius 1 is 1.20 bits per heavy atom. The monoisotopic (exact) mass is 350 g/mol. The van der Waals surface area contributed by atoms with Crippen LogP contribution in [0.2, 0.25) is 0 Å². The highest BCUT2D eigenvalue weighted by molar-refractivity contribution is 9.10. The number of aromatic amines is 1. The van der Waals surface area contributed by atoms with E-state index in [4.69, 9.17) is 12.2 Å². The molecule has 20 heavy (non-hydrogen) atoms. The van der Waals surface area contributed by atoms with E-state index in [1.165, 1.54) is 6.07 Å². The lowest BCUT2D eigenvalue weighted by molar-refractivity contribution is 0.619. The number of benzene rings is 2. The Bertz CT molecular complexity index is 879.